The van der Waals surface area contributed by atoms with Gasteiger partial charge in [0.2, 0.25) is 0 Å². The predicted octanol–water partition coefficient (Wildman–Crippen LogP) is 3.28. The van der Waals surface area contributed by atoms with Gasteiger partial charge in [-0.25, -0.2) is 4.98 Å². The van der Waals surface area contributed by atoms with Crippen LogP contribution in [0.25, 0.3) is 27.6 Å². The third-order valence-corrected chi connectivity index (χ3v) is 2.24. The summed E-state index contributed by atoms with van der Waals surface area (Å²) < 4.78 is 0. The molecule has 0 aliphatic carbocycles. The van der Waals surface area contributed by atoms with E-state index in [1.807, 2.05) is 30.5 Å². The Morgan fingerprint density at radius 2 is 2.50 bits per heavy atom. The number of aromatic nitrogens is 2. The van der Waals surface area contributed by atoms with Crippen molar-refractivity contribution in [1.29, 1.82) is 0 Å². The van der Waals surface area contributed by atoms with Crippen LogP contribution >= 0.6 is 0 Å². The zero-order chi connectivity index (χ0) is 11.2. The van der Waals surface area contributed by atoms with Gasteiger partial charge in [-0.3, -0.25) is 0 Å². The van der Waals surface area contributed by atoms with Crippen LogP contribution in [0.1, 0.15) is 12.0 Å². The fourth-order valence-electron chi connectivity index (χ4n) is 1.50. The van der Waals surface area contributed by atoms with Crippen LogP contribution in [0.15, 0.2) is 35.7 Å². The summed E-state index contributed by atoms with van der Waals surface area (Å²) in [4.78, 5) is 9.99. The Bertz CT molecular complexity index is 548. The van der Waals surface area contributed by atoms with Crippen molar-refractivity contribution in [1.82, 2.24) is 9.97 Å². The zero-order valence-electron chi connectivity index (χ0n) is 8.67. The second-order valence-electron chi connectivity index (χ2n) is 3.29. The van der Waals surface area contributed by atoms with Gasteiger partial charge in [0, 0.05) is 34.8 Å². The molecule has 0 aromatic carbocycles. The highest BCUT2D eigenvalue weighted by molar-refractivity contribution is 5.85. The van der Waals surface area contributed by atoms with Gasteiger partial charge in [0.1, 0.15) is 5.65 Å². The number of fused-ring (bicyclic) bond motifs is 1. The van der Waals surface area contributed by atoms with E-state index in [0.717, 1.165) is 23.0 Å². The molecule has 2 rings (SSSR count). The number of H-pyrrole nitrogens is 1. The summed E-state index contributed by atoms with van der Waals surface area (Å²) in [5.41, 5.74) is 10.1. The Labute approximate surface area is 92.4 Å². The number of hydrogen-bond donors (Lipinski definition) is 1. The monoisotopic (exact) mass is 213 g/mol. The van der Waals surface area contributed by atoms with Gasteiger partial charge < -0.3 is 4.98 Å². The Hall–Kier alpha value is -2.26. The number of nitrogens with zero attached hydrogens (tertiary/aromatic N) is 4. The average Bonchev–Trinajstić information content (AvgIpc) is 2.73. The first-order valence-electron chi connectivity index (χ1n) is 5.01. The standard InChI is InChI=1S/C11H11N5/c12-16-15-7-2-1-4-9-8-14-11-10(9)5-3-6-13-11/h1,3-6,8H,2,7H2,(H,13,14). The van der Waals surface area contributed by atoms with Crippen LogP contribution < -0.4 is 0 Å². The maximum Gasteiger partial charge on any atom is 0.137 e. The highest BCUT2D eigenvalue weighted by atomic mass is 15.1. The minimum Gasteiger partial charge on any atom is -0.346 e. The van der Waals surface area contributed by atoms with Crippen LogP contribution in [0, 0.1) is 0 Å². The Morgan fingerprint density at radius 1 is 1.56 bits per heavy atom. The third kappa shape index (κ3) is 2.21. The van der Waals surface area contributed by atoms with Crippen molar-refractivity contribution in [2.45, 2.75) is 6.42 Å². The lowest BCUT2D eigenvalue weighted by Crippen LogP contribution is -1.74. The lowest BCUT2D eigenvalue weighted by molar-refractivity contribution is 0.996. The molecule has 0 saturated carbocycles. The van der Waals surface area contributed by atoms with E-state index in [2.05, 4.69) is 20.0 Å². The van der Waals surface area contributed by atoms with E-state index >= 15 is 0 Å². The average molecular weight is 213 g/mol. The van der Waals surface area contributed by atoms with E-state index in [0.29, 0.717) is 6.54 Å². The Morgan fingerprint density at radius 3 is 3.38 bits per heavy atom. The summed E-state index contributed by atoms with van der Waals surface area (Å²) in [5.74, 6) is 0. The molecule has 0 bridgehead atoms. The SMILES string of the molecule is [N-]=[N+]=NCCC=Cc1c[nH]c2ncccc12. The van der Waals surface area contributed by atoms with Crippen LogP contribution in [0.3, 0.4) is 0 Å². The minimum absolute atomic E-state index is 0.494. The molecule has 0 unspecified atom stereocenters. The van der Waals surface area contributed by atoms with E-state index in [1.165, 1.54) is 0 Å². The summed E-state index contributed by atoms with van der Waals surface area (Å²) in [6.07, 6.45) is 8.42. The number of hydrogen-bond acceptors (Lipinski definition) is 2. The molecular formula is C11H11N5. The predicted molar refractivity (Wildman–Crippen MR) is 63.8 cm³/mol. The first-order valence-corrected chi connectivity index (χ1v) is 5.01. The van der Waals surface area contributed by atoms with Crippen molar-refractivity contribution in [2.24, 2.45) is 5.11 Å². The Balaban J connectivity index is 2.12. The van der Waals surface area contributed by atoms with Crippen LogP contribution in [-0.2, 0) is 0 Å². The van der Waals surface area contributed by atoms with E-state index in [9.17, 15) is 0 Å². The van der Waals surface area contributed by atoms with E-state index in [4.69, 9.17) is 5.53 Å². The van der Waals surface area contributed by atoms with Crippen molar-refractivity contribution in [3.8, 4) is 0 Å². The van der Waals surface area contributed by atoms with E-state index in [-0.39, 0.29) is 0 Å². The molecule has 0 aliphatic rings. The van der Waals surface area contributed by atoms with Crippen LogP contribution in [0.4, 0.5) is 0 Å². The molecule has 0 fully saturated rings. The van der Waals surface area contributed by atoms with Crippen molar-refractivity contribution < 1.29 is 0 Å². The lowest BCUT2D eigenvalue weighted by Gasteiger charge is -1.89. The summed E-state index contributed by atoms with van der Waals surface area (Å²) in [5, 5.41) is 4.56. The van der Waals surface area contributed by atoms with Crippen LogP contribution in [-0.4, -0.2) is 16.5 Å². The van der Waals surface area contributed by atoms with Gasteiger partial charge in [0.15, 0.2) is 0 Å². The quantitative estimate of drug-likeness (QED) is 0.359. The number of nitrogens with one attached hydrogen (secondary N) is 1. The summed E-state index contributed by atoms with van der Waals surface area (Å²) in [6, 6.07) is 3.93. The molecule has 0 amide bonds. The minimum atomic E-state index is 0.494. The number of aromatic amines is 1. The first kappa shape index (κ1) is 10.3. The van der Waals surface area contributed by atoms with Gasteiger partial charge in [-0.15, -0.1) is 0 Å². The molecule has 2 aromatic rings. The molecule has 0 atom stereocenters. The smallest absolute Gasteiger partial charge is 0.137 e. The van der Waals surface area contributed by atoms with Gasteiger partial charge >= 0.3 is 0 Å². The fraction of sp³-hybridized carbons (Fsp3) is 0.182. The lowest BCUT2D eigenvalue weighted by atomic mass is 10.2. The molecule has 0 spiro atoms. The molecule has 80 valence electrons. The van der Waals surface area contributed by atoms with Crippen LogP contribution in [0.2, 0.25) is 0 Å². The van der Waals surface area contributed by atoms with Gasteiger partial charge in [-0.2, -0.15) is 0 Å². The third-order valence-electron chi connectivity index (χ3n) is 2.24. The number of pyridine rings is 1. The topological polar surface area (TPSA) is 77.4 Å². The summed E-state index contributed by atoms with van der Waals surface area (Å²) in [6.45, 7) is 0.494. The van der Waals surface area contributed by atoms with Gasteiger partial charge in [-0.1, -0.05) is 17.3 Å². The molecule has 0 aliphatic heterocycles. The molecule has 16 heavy (non-hydrogen) atoms. The molecule has 0 saturated heterocycles. The normalized spacial score (nSPS) is 10.8. The highest BCUT2D eigenvalue weighted by Gasteiger charge is 1.98. The molecule has 5 nitrogen and oxygen atoms in total. The number of rotatable bonds is 4. The second-order valence-corrected chi connectivity index (χ2v) is 3.29. The molecule has 0 radical (unpaired) electrons. The highest BCUT2D eigenvalue weighted by Crippen LogP contribution is 2.16. The van der Waals surface area contributed by atoms with E-state index in [1.54, 1.807) is 6.20 Å². The van der Waals surface area contributed by atoms with Crippen molar-refractivity contribution in [3.05, 3.63) is 46.6 Å². The maximum absolute atomic E-state index is 8.11. The molecule has 1 N–H and O–H groups in total. The van der Waals surface area contributed by atoms with Gasteiger partial charge in [0.05, 0.1) is 0 Å². The molecule has 5 heteroatoms. The van der Waals surface area contributed by atoms with Crippen molar-refractivity contribution >= 4 is 17.1 Å². The van der Waals surface area contributed by atoms with Gasteiger partial charge in [0.25, 0.3) is 0 Å². The molecule has 2 heterocycles. The Kier molecular flexibility index (Phi) is 3.21. The first-order chi connectivity index (χ1) is 7.92. The van der Waals surface area contributed by atoms with E-state index < -0.39 is 0 Å². The van der Waals surface area contributed by atoms with Gasteiger partial charge in [-0.05, 0) is 24.1 Å². The van der Waals surface area contributed by atoms with Crippen molar-refractivity contribution in [3.63, 3.8) is 0 Å². The summed E-state index contributed by atoms with van der Waals surface area (Å²) >= 11 is 0. The zero-order valence-corrected chi connectivity index (χ0v) is 8.67. The summed E-state index contributed by atoms with van der Waals surface area (Å²) in [7, 11) is 0. The second kappa shape index (κ2) is 5.00. The number of azide groups is 1. The largest absolute Gasteiger partial charge is 0.346 e. The molecule has 2 aromatic heterocycles. The maximum atomic E-state index is 8.11. The van der Waals surface area contributed by atoms with Crippen molar-refractivity contribution in [2.75, 3.05) is 6.54 Å². The molecular weight excluding hydrogens is 202 g/mol. The fourth-order valence-corrected chi connectivity index (χ4v) is 1.50. The van der Waals surface area contributed by atoms with Crippen LogP contribution in [0.5, 0.6) is 0 Å².